The Bertz CT molecular complexity index is 722. The van der Waals surface area contributed by atoms with Gasteiger partial charge in [-0.15, -0.1) is 0 Å². The minimum absolute atomic E-state index is 0.0654. The van der Waals surface area contributed by atoms with Gasteiger partial charge in [0.05, 0.1) is 5.69 Å². The van der Waals surface area contributed by atoms with E-state index in [1.54, 1.807) is 0 Å². The zero-order chi connectivity index (χ0) is 17.8. The van der Waals surface area contributed by atoms with Crippen LogP contribution >= 0.6 is 15.9 Å². The van der Waals surface area contributed by atoms with Crippen molar-refractivity contribution in [2.75, 3.05) is 18.4 Å². The summed E-state index contributed by atoms with van der Waals surface area (Å²) in [5.74, 6) is 0.597. The summed E-state index contributed by atoms with van der Waals surface area (Å²) in [6.45, 7) is 6.21. The molecular formula is C19H25BrN4O. The van der Waals surface area contributed by atoms with Crippen LogP contribution in [-0.4, -0.2) is 40.1 Å². The number of carbonyl (C=O) groups excluding carboxylic acids is 1. The number of halogens is 1. The van der Waals surface area contributed by atoms with Crippen molar-refractivity contribution < 1.29 is 4.79 Å². The average Bonchev–Trinajstić information content (AvgIpc) is 3.01. The molecule has 0 bridgehead atoms. The Morgan fingerprint density at radius 2 is 2.16 bits per heavy atom. The summed E-state index contributed by atoms with van der Waals surface area (Å²) >= 11 is 3.42. The topological polar surface area (TPSA) is 61.0 Å². The molecule has 0 spiro atoms. The Morgan fingerprint density at radius 1 is 1.40 bits per heavy atom. The number of carbonyl (C=O) groups is 1. The highest BCUT2D eigenvalue weighted by atomic mass is 79.9. The van der Waals surface area contributed by atoms with Gasteiger partial charge in [0.25, 0.3) is 0 Å². The van der Waals surface area contributed by atoms with Crippen LogP contribution in [-0.2, 0) is 4.79 Å². The fourth-order valence-electron chi connectivity index (χ4n) is 3.46. The number of piperidine rings is 1. The highest BCUT2D eigenvalue weighted by molar-refractivity contribution is 9.10. The van der Waals surface area contributed by atoms with Crippen LogP contribution in [0.2, 0.25) is 0 Å². The Hall–Kier alpha value is -1.66. The van der Waals surface area contributed by atoms with E-state index in [0.29, 0.717) is 12.3 Å². The Balaban J connectivity index is 1.47. The number of nitrogens with one attached hydrogen (secondary N) is 2. The first-order valence-corrected chi connectivity index (χ1v) is 9.62. The van der Waals surface area contributed by atoms with E-state index < -0.39 is 0 Å². The predicted octanol–water partition coefficient (Wildman–Crippen LogP) is 4.08. The maximum Gasteiger partial charge on any atom is 0.225 e. The van der Waals surface area contributed by atoms with Crippen molar-refractivity contribution in [2.24, 2.45) is 0 Å². The number of hydrogen-bond donors (Lipinski definition) is 2. The zero-order valence-electron chi connectivity index (χ0n) is 14.8. The first kappa shape index (κ1) is 18.1. The molecular weight excluding hydrogens is 380 g/mol. The molecule has 2 heterocycles. The summed E-state index contributed by atoms with van der Waals surface area (Å²) in [7, 11) is 0. The molecule has 0 aliphatic carbocycles. The monoisotopic (exact) mass is 404 g/mol. The van der Waals surface area contributed by atoms with Gasteiger partial charge in [0.2, 0.25) is 5.91 Å². The van der Waals surface area contributed by atoms with Crippen LogP contribution < -0.4 is 5.32 Å². The summed E-state index contributed by atoms with van der Waals surface area (Å²) in [5, 5.41) is 10.4. The number of H-pyrrole nitrogens is 1. The van der Waals surface area contributed by atoms with Crippen LogP contribution in [0.15, 0.2) is 34.8 Å². The van der Waals surface area contributed by atoms with Gasteiger partial charge in [0.15, 0.2) is 0 Å². The van der Waals surface area contributed by atoms with Crippen molar-refractivity contribution in [1.82, 2.24) is 15.1 Å². The lowest BCUT2D eigenvalue weighted by molar-refractivity contribution is -0.117. The summed E-state index contributed by atoms with van der Waals surface area (Å²) in [4.78, 5) is 14.7. The van der Waals surface area contributed by atoms with Crippen molar-refractivity contribution in [3.63, 3.8) is 0 Å². The van der Waals surface area contributed by atoms with Crippen LogP contribution in [0.25, 0.3) is 0 Å². The van der Waals surface area contributed by atoms with E-state index >= 15 is 0 Å². The molecule has 5 nitrogen and oxygen atoms in total. The molecule has 134 valence electrons. The van der Waals surface area contributed by atoms with Crippen LogP contribution in [0, 0.1) is 6.92 Å². The molecule has 2 aromatic rings. The number of amides is 1. The molecule has 1 fully saturated rings. The van der Waals surface area contributed by atoms with Gasteiger partial charge in [-0.25, -0.2) is 0 Å². The SMILES string of the molecule is Cc1cc(C2CCN(C(C)CC(=O)Nc3cccc(Br)c3)CC2)n[nH]1. The van der Waals surface area contributed by atoms with Crippen LogP contribution in [0.4, 0.5) is 5.69 Å². The number of likely N-dealkylation sites (tertiary alicyclic amines) is 1. The fourth-order valence-corrected chi connectivity index (χ4v) is 3.86. The number of nitrogens with zero attached hydrogens (tertiary/aromatic N) is 2. The number of aromatic nitrogens is 2. The molecule has 1 aromatic carbocycles. The second-order valence-electron chi connectivity index (χ2n) is 6.90. The second kappa shape index (κ2) is 8.15. The molecule has 1 amide bonds. The first-order valence-electron chi connectivity index (χ1n) is 8.82. The molecule has 0 saturated carbocycles. The van der Waals surface area contributed by atoms with E-state index in [2.05, 4.69) is 49.3 Å². The molecule has 1 unspecified atom stereocenters. The normalized spacial score (nSPS) is 17.4. The maximum atomic E-state index is 12.3. The fraction of sp³-hybridized carbons (Fsp3) is 0.474. The van der Waals surface area contributed by atoms with Gasteiger partial charge in [-0.1, -0.05) is 22.0 Å². The van der Waals surface area contributed by atoms with Crippen LogP contribution in [0.3, 0.4) is 0 Å². The van der Waals surface area contributed by atoms with Gasteiger partial charge in [-0.05, 0) is 64.0 Å². The Labute approximate surface area is 157 Å². The highest BCUT2D eigenvalue weighted by Gasteiger charge is 2.26. The van der Waals surface area contributed by atoms with Gasteiger partial charge in [0.1, 0.15) is 0 Å². The predicted molar refractivity (Wildman–Crippen MR) is 104 cm³/mol. The second-order valence-corrected chi connectivity index (χ2v) is 7.81. The molecule has 25 heavy (non-hydrogen) atoms. The average molecular weight is 405 g/mol. The molecule has 6 heteroatoms. The van der Waals surface area contributed by atoms with Crippen LogP contribution in [0.5, 0.6) is 0 Å². The van der Waals surface area contributed by atoms with Crippen molar-refractivity contribution in [3.8, 4) is 0 Å². The largest absolute Gasteiger partial charge is 0.326 e. The number of aryl methyl sites for hydroxylation is 1. The highest BCUT2D eigenvalue weighted by Crippen LogP contribution is 2.28. The molecule has 1 aromatic heterocycles. The number of anilines is 1. The molecule has 3 rings (SSSR count). The number of benzene rings is 1. The summed E-state index contributed by atoms with van der Waals surface area (Å²) < 4.78 is 0.967. The number of rotatable bonds is 5. The number of hydrogen-bond acceptors (Lipinski definition) is 3. The first-order chi connectivity index (χ1) is 12.0. The van der Waals surface area contributed by atoms with Crippen molar-refractivity contribution in [1.29, 1.82) is 0 Å². The standard InChI is InChI=1S/C19H25BrN4O/c1-13-10-18(23-22-13)15-6-8-24(9-7-15)14(2)11-19(25)21-17-5-3-4-16(20)12-17/h3-5,10,12,14-15H,6-9,11H2,1-2H3,(H,21,25)(H,22,23). The minimum Gasteiger partial charge on any atom is -0.326 e. The lowest BCUT2D eigenvalue weighted by atomic mass is 9.92. The van der Waals surface area contributed by atoms with Gasteiger partial charge in [-0.3, -0.25) is 9.89 Å². The third-order valence-electron chi connectivity index (χ3n) is 4.89. The smallest absolute Gasteiger partial charge is 0.225 e. The minimum atomic E-state index is 0.0654. The summed E-state index contributed by atoms with van der Waals surface area (Å²) in [6.07, 6.45) is 2.71. The van der Waals surface area contributed by atoms with E-state index in [4.69, 9.17) is 0 Å². The zero-order valence-corrected chi connectivity index (χ0v) is 16.3. The van der Waals surface area contributed by atoms with E-state index in [-0.39, 0.29) is 11.9 Å². The van der Waals surface area contributed by atoms with Gasteiger partial charge >= 0.3 is 0 Å². The van der Waals surface area contributed by atoms with Crippen molar-refractivity contribution in [3.05, 3.63) is 46.2 Å². The van der Waals surface area contributed by atoms with Crippen molar-refractivity contribution >= 4 is 27.5 Å². The van der Waals surface area contributed by atoms with E-state index in [9.17, 15) is 4.79 Å². The van der Waals surface area contributed by atoms with E-state index in [0.717, 1.165) is 41.8 Å². The molecule has 2 N–H and O–H groups in total. The quantitative estimate of drug-likeness (QED) is 0.788. The lowest BCUT2D eigenvalue weighted by Crippen LogP contribution is -2.41. The molecule has 1 saturated heterocycles. The molecule has 0 radical (unpaired) electrons. The summed E-state index contributed by atoms with van der Waals surface area (Å²) in [6, 6.07) is 10.1. The third-order valence-corrected chi connectivity index (χ3v) is 5.38. The van der Waals surface area contributed by atoms with Crippen LogP contribution in [0.1, 0.15) is 43.5 Å². The summed E-state index contributed by atoms with van der Waals surface area (Å²) in [5.41, 5.74) is 3.13. The molecule has 1 aliphatic rings. The maximum absolute atomic E-state index is 12.3. The van der Waals surface area contributed by atoms with Gasteiger partial charge in [0, 0.05) is 34.2 Å². The number of aromatic amines is 1. The van der Waals surface area contributed by atoms with Gasteiger partial charge < -0.3 is 10.2 Å². The Morgan fingerprint density at radius 3 is 2.80 bits per heavy atom. The molecule has 1 atom stereocenters. The molecule has 1 aliphatic heterocycles. The lowest BCUT2D eigenvalue weighted by Gasteiger charge is -2.35. The van der Waals surface area contributed by atoms with Crippen molar-refractivity contribution in [2.45, 2.75) is 45.1 Å². The Kier molecular flexibility index (Phi) is 5.91. The van der Waals surface area contributed by atoms with E-state index in [1.807, 2.05) is 31.2 Å². The van der Waals surface area contributed by atoms with E-state index in [1.165, 1.54) is 5.69 Å². The van der Waals surface area contributed by atoms with Gasteiger partial charge in [-0.2, -0.15) is 5.10 Å². The third kappa shape index (κ3) is 4.92.